The Balaban J connectivity index is 1.48. The molecule has 1 heterocycles. The molecule has 4 aromatic carbocycles. The summed E-state index contributed by atoms with van der Waals surface area (Å²) in [5, 5.41) is 10.7. The predicted octanol–water partition coefficient (Wildman–Crippen LogP) is 6.86. The fourth-order valence-corrected chi connectivity index (χ4v) is 5.03. The van der Waals surface area contributed by atoms with Crippen LogP contribution in [0.25, 0.3) is 22.0 Å². The lowest BCUT2D eigenvalue weighted by molar-refractivity contribution is 0.0697. The van der Waals surface area contributed by atoms with Gasteiger partial charge in [-0.1, -0.05) is 47.7 Å². The molecule has 0 radical (unpaired) electrons. The zero-order chi connectivity index (χ0) is 25.9. The monoisotopic (exact) mass is 528 g/mol. The molecule has 0 aliphatic carbocycles. The lowest BCUT2D eigenvalue weighted by Gasteiger charge is -2.10. The van der Waals surface area contributed by atoms with E-state index in [2.05, 4.69) is 21.5 Å². The van der Waals surface area contributed by atoms with Crippen LogP contribution in [0.3, 0.4) is 0 Å². The van der Waals surface area contributed by atoms with Gasteiger partial charge in [0.1, 0.15) is 16.8 Å². The number of aromatic carboxylic acids is 1. The number of nitrogens with one attached hydrogen (secondary N) is 2. The Morgan fingerprint density at radius 3 is 2.62 bits per heavy atom. The maximum Gasteiger partial charge on any atom is 0.336 e. The van der Waals surface area contributed by atoms with Crippen LogP contribution in [0.1, 0.15) is 21.5 Å². The first-order valence-corrected chi connectivity index (χ1v) is 12.6. The van der Waals surface area contributed by atoms with Gasteiger partial charge in [-0.3, -0.25) is 0 Å². The standard InChI is InChI=1S/C29H18ClFN2O3S/c30-25-17-23(11-12-26(25)31)37(36)33-22-5-1-3-18(15-22)7-8-20-4-2-6-24(29(34)35)28(20)21-10-9-19-13-14-32-27(19)16-21/h1-6,9-17,32-33H,(H,34,35). The Kier molecular flexibility index (Phi) is 6.78. The first kappa shape index (κ1) is 24.3. The molecule has 5 nitrogen and oxygen atoms in total. The second-order valence-corrected chi connectivity index (χ2v) is 9.71. The Labute approximate surface area is 219 Å². The Morgan fingerprint density at radius 2 is 1.81 bits per heavy atom. The highest BCUT2D eigenvalue weighted by atomic mass is 35.5. The van der Waals surface area contributed by atoms with Crippen LogP contribution in [-0.2, 0) is 11.0 Å². The zero-order valence-electron chi connectivity index (χ0n) is 19.1. The van der Waals surface area contributed by atoms with Gasteiger partial charge in [-0.25, -0.2) is 13.4 Å². The number of rotatable bonds is 5. The van der Waals surface area contributed by atoms with Crippen molar-refractivity contribution in [1.82, 2.24) is 4.98 Å². The molecule has 37 heavy (non-hydrogen) atoms. The van der Waals surface area contributed by atoms with E-state index in [-0.39, 0.29) is 10.6 Å². The van der Waals surface area contributed by atoms with Crippen LogP contribution >= 0.6 is 11.6 Å². The first-order chi connectivity index (χ1) is 17.9. The van der Waals surface area contributed by atoms with Crippen molar-refractivity contribution in [3.8, 4) is 23.0 Å². The summed E-state index contributed by atoms with van der Waals surface area (Å²) >= 11 is 5.80. The van der Waals surface area contributed by atoms with Crippen LogP contribution in [0, 0.1) is 17.7 Å². The van der Waals surface area contributed by atoms with E-state index >= 15 is 0 Å². The van der Waals surface area contributed by atoms with Crippen LogP contribution in [0.15, 0.2) is 96.0 Å². The van der Waals surface area contributed by atoms with Crippen molar-refractivity contribution >= 4 is 45.1 Å². The van der Waals surface area contributed by atoms with Crippen LogP contribution in [0.2, 0.25) is 5.02 Å². The van der Waals surface area contributed by atoms with Gasteiger partial charge < -0.3 is 14.8 Å². The summed E-state index contributed by atoms with van der Waals surface area (Å²) in [5.74, 6) is 4.56. The number of H-pyrrole nitrogens is 1. The number of aromatic amines is 1. The van der Waals surface area contributed by atoms with Crippen molar-refractivity contribution < 1.29 is 18.5 Å². The third-order valence-electron chi connectivity index (χ3n) is 5.66. The quantitative estimate of drug-likeness (QED) is 0.218. The number of carbonyl (C=O) groups is 1. The number of hydrogen-bond acceptors (Lipinski definition) is 2. The van der Waals surface area contributed by atoms with E-state index in [1.807, 2.05) is 30.5 Å². The third-order valence-corrected chi connectivity index (χ3v) is 7.05. The fourth-order valence-electron chi connectivity index (χ4n) is 3.91. The van der Waals surface area contributed by atoms with Crippen molar-refractivity contribution in [2.24, 2.45) is 0 Å². The van der Waals surface area contributed by atoms with Crippen LogP contribution in [0.5, 0.6) is 0 Å². The molecule has 1 unspecified atom stereocenters. The van der Waals surface area contributed by atoms with Gasteiger partial charge in [0.25, 0.3) is 0 Å². The number of hydrogen-bond donors (Lipinski definition) is 3. The molecular formula is C29H18ClFN2O3S. The van der Waals surface area contributed by atoms with Crippen molar-refractivity contribution in [2.75, 3.05) is 4.72 Å². The smallest absolute Gasteiger partial charge is 0.336 e. The van der Waals surface area contributed by atoms with Gasteiger partial charge in [-0.15, -0.1) is 0 Å². The topological polar surface area (TPSA) is 82.2 Å². The van der Waals surface area contributed by atoms with E-state index in [0.717, 1.165) is 22.5 Å². The Morgan fingerprint density at radius 1 is 0.973 bits per heavy atom. The van der Waals surface area contributed by atoms with Crippen LogP contribution in [0.4, 0.5) is 10.1 Å². The Bertz CT molecular complexity index is 1750. The third kappa shape index (κ3) is 5.26. The van der Waals surface area contributed by atoms with Gasteiger partial charge in [0, 0.05) is 34.1 Å². The molecule has 0 aliphatic rings. The van der Waals surface area contributed by atoms with Crippen molar-refractivity contribution in [3.63, 3.8) is 0 Å². The van der Waals surface area contributed by atoms with Crippen LogP contribution in [-0.4, -0.2) is 20.3 Å². The molecule has 0 fully saturated rings. The molecular weight excluding hydrogens is 511 g/mol. The highest BCUT2D eigenvalue weighted by Gasteiger charge is 2.16. The molecule has 0 bridgehead atoms. The summed E-state index contributed by atoms with van der Waals surface area (Å²) in [6, 6.07) is 23.5. The molecule has 0 saturated carbocycles. The van der Waals surface area contributed by atoms with Crippen molar-refractivity contribution in [2.45, 2.75) is 4.90 Å². The first-order valence-electron chi connectivity index (χ1n) is 11.1. The van der Waals surface area contributed by atoms with Gasteiger partial charge in [0.15, 0.2) is 0 Å². The molecule has 5 rings (SSSR count). The minimum atomic E-state index is -1.66. The van der Waals surface area contributed by atoms with Gasteiger partial charge in [0.2, 0.25) is 0 Å². The van der Waals surface area contributed by atoms with Gasteiger partial charge in [0.05, 0.1) is 15.5 Å². The van der Waals surface area contributed by atoms with E-state index in [0.29, 0.717) is 27.3 Å². The normalized spacial score (nSPS) is 11.5. The number of carboxylic acid groups (broad SMARTS) is 1. The van der Waals surface area contributed by atoms with E-state index in [4.69, 9.17) is 11.6 Å². The molecule has 0 spiro atoms. The molecule has 5 aromatic rings. The largest absolute Gasteiger partial charge is 0.478 e. The predicted molar refractivity (Wildman–Crippen MR) is 145 cm³/mol. The van der Waals surface area contributed by atoms with Crippen molar-refractivity contribution in [1.29, 1.82) is 0 Å². The summed E-state index contributed by atoms with van der Waals surface area (Å²) in [6.07, 6.45) is 1.83. The summed E-state index contributed by atoms with van der Waals surface area (Å²) in [5.41, 5.74) is 4.05. The average molecular weight is 529 g/mol. The lowest BCUT2D eigenvalue weighted by Crippen LogP contribution is -2.05. The number of fused-ring (bicyclic) bond motifs is 1. The zero-order valence-corrected chi connectivity index (χ0v) is 20.7. The maximum absolute atomic E-state index is 13.4. The van der Waals surface area contributed by atoms with E-state index in [1.54, 1.807) is 42.5 Å². The molecule has 182 valence electrons. The van der Waals surface area contributed by atoms with E-state index < -0.39 is 22.8 Å². The van der Waals surface area contributed by atoms with E-state index in [9.17, 15) is 18.5 Å². The van der Waals surface area contributed by atoms with Gasteiger partial charge in [-0.05, 0) is 71.6 Å². The second kappa shape index (κ2) is 10.3. The number of benzene rings is 4. The number of carboxylic acids is 1. The summed E-state index contributed by atoms with van der Waals surface area (Å²) in [6.45, 7) is 0. The van der Waals surface area contributed by atoms with Crippen molar-refractivity contribution in [3.05, 3.63) is 119 Å². The van der Waals surface area contributed by atoms with E-state index in [1.165, 1.54) is 12.1 Å². The molecule has 3 N–H and O–H groups in total. The summed E-state index contributed by atoms with van der Waals surface area (Å²) in [7, 11) is -1.66. The molecule has 8 heteroatoms. The van der Waals surface area contributed by atoms with Gasteiger partial charge in [-0.2, -0.15) is 0 Å². The Hall–Kier alpha value is -4.38. The highest BCUT2D eigenvalue weighted by Crippen LogP contribution is 2.30. The van der Waals surface area contributed by atoms with Gasteiger partial charge >= 0.3 is 5.97 Å². The molecule has 0 amide bonds. The van der Waals surface area contributed by atoms with Crippen LogP contribution < -0.4 is 4.72 Å². The minimum absolute atomic E-state index is 0.109. The average Bonchev–Trinajstić information content (AvgIpc) is 3.37. The summed E-state index contributed by atoms with van der Waals surface area (Å²) < 4.78 is 29.0. The molecule has 0 saturated heterocycles. The molecule has 0 aliphatic heterocycles. The number of anilines is 1. The fraction of sp³-hybridized carbons (Fsp3) is 0. The second-order valence-electron chi connectivity index (χ2n) is 8.09. The molecule has 1 aromatic heterocycles. The molecule has 1 atom stereocenters. The minimum Gasteiger partial charge on any atom is -0.478 e. The highest BCUT2D eigenvalue weighted by molar-refractivity contribution is 7.86. The summed E-state index contributed by atoms with van der Waals surface area (Å²) in [4.78, 5) is 15.5. The SMILES string of the molecule is O=C(O)c1cccc(C#Cc2cccc(NS(=O)c3ccc(F)c(Cl)c3)c2)c1-c1ccc2cc[nH]c2c1. The number of aromatic nitrogens is 1. The number of halogens is 2. The lowest BCUT2D eigenvalue weighted by atomic mass is 9.93. The maximum atomic E-state index is 13.4.